The molecular weight excluding hydrogens is 342 g/mol. The van der Waals surface area contributed by atoms with Crippen molar-refractivity contribution in [1.29, 1.82) is 0 Å². The number of nitrogens with zero attached hydrogens (tertiary/aromatic N) is 3. The van der Waals surface area contributed by atoms with Crippen molar-refractivity contribution >= 4 is 23.6 Å². The number of ether oxygens (including phenoxy) is 1. The smallest absolute Gasteiger partial charge is 0.327 e. The molecule has 25 heavy (non-hydrogen) atoms. The number of aromatic nitrogens is 3. The Morgan fingerprint density at radius 3 is 2.64 bits per heavy atom. The van der Waals surface area contributed by atoms with Gasteiger partial charge in [0, 0.05) is 25.2 Å². The molecule has 0 bridgehead atoms. The van der Waals surface area contributed by atoms with Crippen LogP contribution in [0.4, 0.5) is 0 Å². The summed E-state index contributed by atoms with van der Waals surface area (Å²) in [4.78, 5) is 22.0. The van der Waals surface area contributed by atoms with E-state index in [2.05, 4.69) is 27.2 Å². The molecule has 2 fully saturated rings. The van der Waals surface area contributed by atoms with Crippen LogP contribution in [0.1, 0.15) is 31.7 Å². The molecule has 7 nitrogen and oxygen atoms in total. The summed E-state index contributed by atoms with van der Waals surface area (Å²) in [5.74, 6) is 0.763. The Bertz CT molecular complexity index is 760. The fourth-order valence-electron chi connectivity index (χ4n) is 3.77. The fourth-order valence-corrected chi connectivity index (χ4v) is 3.77. The summed E-state index contributed by atoms with van der Waals surface area (Å²) in [5, 5.41) is 3.34. The van der Waals surface area contributed by atoms with Crippen LogP contribution in [0.3, 0.4) is 0 Å². The van der Waals surface area contributed by atoms with Gasteiger partial charge < -0.3 is 15.0 Å². The van der Waals surface area contributed by atoms with Crippen molar-refractivity contribution in [2.45, 2.75) is 37.8 Å². The largest absolute Gasteiger partial charge is 0.489 e. The first-order valence-corrected chi connectivity index (χ1v) is 8.87. The molecule has 0 aliphatic carbocycles. The molecule has 0 saturated carbocycles. The van der Waals surface area contributed by atoms with Crippen molar-refractivity contribution in [3.05, 3.63) is 22.7 Å². The summed E-state index contributed by atoms with van der Waals surface area (Å²) >= 11 is 0. The average Bonchev–Trinajstić information content (AvgIpc) is 2.93. The van der Waals surface area contributed by atoms with E-state index in [1.54, 1.807) is 6.20 Å². The molecule has 2 aliphatic rings. The summed E-state index contributed by atoms with van der Waals surface area (Å²) in [6.07, 6.45) is 5.95. The Labute approximate surface area is 153 Å². The van der Waals surface area contributed by atoms with E-state index in [-0.39, 0.29) is 30.2 Å². The molecule has 0 unspecified atom stereocenters. The number of likely N-dealkylation sites (tertiary alicyclic amines) is 1. The van der Waals surface area contributed by atoms with Gasteiger partial charge in [0.2, 0.25) is 0 Å². The Kier molecular flexibility index (Phi) is 5.66. The van der Waals surface area contributed by atoms with Gasteiger partial charge in [0.1, 0.15) is 11.9 Å². The molecule has 2 saturated heterocycles. The number of hydrogen-bond donors (Lipinski definition) is 2. The number of fused-ring (bicyclic) bond motifs is 1. The van der Waals surface area contributed by atoms with Gasteiger partial charge in [0.05, 0.1) is 11.7 Å². The zero-order valence-corrected chi connectivity index (χ0v) is 15.3. The Balaban J connectivity index is 0.00000182. The number of hydrogen-bond acceptors (Lipinski definition) is 5. The highest BCUT2D eigenvalue weighted by Crippen LogP contribution is 2.25. The third kappa shape index (κ3) is 3.83. The van der Waals surface area contributed by atoms with Crippen LogP contribution in [-0.4, -0.2) is 58.8 Å². The van der Waals surface area contributed by atoms with Crippen molar-refractivity contribution < 1.29 is 4.74 Å². The summed E-state index contributed by atoms with van der Waals surface area (Å²) in [7, 11) is 2.14. The maximum Gasteiger partial charge on any atom is 0.327 e. The van der Waals surface area contributed by atoms with Gasteiger partial charge in [-0.05, 0) is 45.8 Å². The van der Waals surface area contributed by atoms with Crippen LogP contribution in [0.15, 0.2) is 17.1 Å². The number of H-pyrrole nitrogens is 1. The minimum absolute atomic E-state index is 0. The number of pyridine rings is 1. The van der Waals surface area contributed by atoms with E-state index in [4.69, 9.17) is 4.74 Å². The first-order valence-electron chi connectivity index (χ1n) is 8.87. The maximum atomic E-state index is 12.4. The normalized spacial score (nSPS) is 20.5. The number of rotatable bonds is 3. The number of halogens is 1. The number of nitrogens with one attached hydrogen (secondary N) is 2. The molecule has 0 atom stereocenters. The zero-order chi connectivity index (χ0) is 16.5. The van der Waals surface area contributed by atoms with Gasteiger partial charge in [-0.25, -0.2) is 9.78 Å². The van der Waals surface area contributed by atoms with Crippen molar-refractivity contribution in [2.75, 3.05) is 33.2 Å². The van der Waals surface area contributed by atoms with Crippen molar-refractivity contribution in [3.8, 4) is 5.75 Å². The van der Waals surface area contributed by atoms with Crippen LogP contribution in [-0.2, 0) is 0 Å². The SMILES string of the molecule is CN1CCC(Oc2cnc3[nH]c(=O)n(C4CCNCC4)c3c2)CC1.Cl. The minimum atomic E-state index is -0.0687. The molecule has 2 aliphatic heterocycles. The summed E-state index contributed by atoms with van der Waals surface area (Å²) in [6, 6.07) is 2.20. The van der Waals surface area contributed by atoms with E-state index < -0.39 is 0 Å². The second-order valence-corrected chi connectivity index (χ2v) is 6.94. The monoisotopic (exact) mass is 367 g/mol. The van der Waals surface area contributed by atoms with E-state index in [9.17, 15) is 4.79 Å². The summed E-state index contributed by atoms with van der Waals surface area (Å²) in [6.45, 7) is 4.01. The lowest BCUT2D eigenvalue weighted by Crippen LogP contribution is -2.35. The van der Waals surface area contributed by atoms with Gasteiger partial charge in [0.15, 0.2) is 5.65 Å². The predicted octanol–water partition coefficient (Wildman–Crippen LogP) is 1.54. The Hall–Kier alpha value is -1.57. The van der Waals surface area contributed by atoms with E-state index in [1.165, 1.54) is 0 Å². The molecule has 4 heterocycles. The van der Waals surface area contributed by atoms with Crippen LogP contribution in [0.5, 0.6) is 5.75 Å². The lowest BCUT2D eigenvalue weighted by Gasteiger charge is -2.29. The molecule has 0 amide bonds. The molecule has 0 aromatic carbocycles. The predicted molar refractivity (Wildman–Crippen MR) is 99.9 cm³/mol. The second-order valence-electron chi connectivity index (χ2n) is 6.94. The van der Waals surface area contributed by atoms with Gasteiger partial charge in [-0.15, -0.1) is 12.4 Å². The third-order valence-electron chi connectivity index (χ3n) is 5.19. The highest BCUT2D eigenvalue weighted by atomic mass is 35.5. The highest BCUT2D eigenvalue weighted by molar-refractivity contribution is 5.85. The minimum Gasteiger partial charge on any atom is -0.489 e. The second kappa shape index (κ2) is 7.76. The van der Waals surface area contributed by atoms with Gasteiger partial charge in [-0.2, -0.15) is 0 Å². The first kappa shape index (κ1) is 18.2. The van der Waals surface area contributed by atoms with Crippen molar-refractivity contribution in [3.63, 3.8) is 0 Å². The topological polar surface area (TPSA) is 75.2 Å². The molecule has 0 spiro atoms. The summed E-state index contributed by atoms with van der Waals surface area (Å²) < 4.78 is 8.00. The van der Waals surface area contributed by atoms with Crippen LogP contribution in [0.25, 0.3) is 11.2 Å². The average molecular weight is 368 g/mol. The van der Waals surface area contributed by atoms with Crippen LogP contribution < -0.4 is 15.7 Å². The summed E-state index contributed by atoms with van der Waals surface area (Å²) in [5.41, 5.74) is 1.44. The highest BCUT2D eigenvalue weighted by Gasteiger charge is 2.22. The molecule has 4 rings (SSSR count). The van der Waals surface area contributed by atoms with Crippen molar-refractivity contribution in [1.82, 2.24) is 24.8 Å². The molecule has 2 N–H and O–H groups in total. The van der Waals surface area contributed by atoms with Gasteiger partial charge in [0.25, 0.3) is 0 Å². The molecule has 138 valence electrons. The van der Waals surface area contributed by atoms with E-state index >= 15 is 0 Å². The van der Waals surface area contributed by atoms with E-state index in [0.717, 1.165) is 63.1 Å². The molecular formula is C17H26ClN5O2. The Morgan fingerprint density at radius 1 is 1.20 bits per heavy atom. The lowest BCUT2D eigenvalue weighted by molar-refractivity contribution is 0.114. The Morgan fingerprint density at radius 2 is 1.92 bits per heavy atom. The maximum absolute atomic E-state index is 12.4. The molecule has 2 aromatic rings. The number of piperidine rings is 2. The van der Waals surface area contributed by atoms with E-state index in [0.29, 0.717) is 5.65 Å². The van der Waals surface area contributed by atoms with Gasteiger partial charge in [-0.3, -0.25) is 9.55 Å². The number of aromatic amines is 1. The fraction of sp³-hybridized carbons (Fsp3) is 0.647. The zero-order valence-electron chi connectivity index (χ0n) is 14.5. The van der Waals surface area contributed by atoms with Gasteiger partial charge >= 0.3 is 5.69 Å². The first-order chi connectivity index (χ1) is 11.7. The van der Waals surface area contributed by atoms with Crippen molar-refractivity contribution in [2.24, 2.45) is 0 Å². The third-order valence-corrected chi connectivity index (χ3v) is 5.19. The number of imidazole rings is 1. The standard InChI is InChI=1S/C17H25N5O2.ClH/c1-21-8-4-13(5-9-21)24-14-10-15-16(19-11-14)20-17(23)22(15)12-2-6-18-7-3-12;/h10-13,18H,2-9H2,1H3,(H,19,20,23);1H. The van der Waals surface area contributed by atoms with Crippen LogP contribution in [0.2, 0.25) is 0 Å². The van der Waals surface area contributed by atoms with Crippen LogP contribution >= 0.6 is 12.4 Å². The molecule has 2 aromatic heterocycles. The quantitative estimate of drug-likeness (QED) is 0.860. The van der Waals surface area contributed by atoms with Gasteiger partial charge in [-0.1, -0.05) is 0 Å². The lowest BCUT2D eigenvalue weighted by atomic mass is 10.1. The molecule has 0 radical (unpaired) electrons. The van der Waals surface area contributed by atoms with E-state index in [1.807, 2.05) is 10.6 Å². The van der Waals surface area contributed by atoms with Crippen LogP contribution in [0, 0.1) is 0 Å². The molecule has 8 heteroatoms.